The van der Waals surface area contributed by atoms with Gasteiger partial charge in [0.2, 0.25) is 0 Å². The smallest absolute Gasteiger partial charge is 0.441 e. The fourth-order valence-corrected chi connectivity index (χ4v) is 2.84. The molecule has 0 saturated carbocycles. The van der Waals surface area contributed by atoms with E-state index in [1.54, 1.807) is 0 Å². The summed E-state index contributed by atoms with van der Waals surface area (Å²) in [5.41, 5.74) is -5.12. The zero-order chi connectivity index (χ0) is 14.6. The van der Waals surface area contributed by atoms with Crippen LogP contribution in [0.25, 0.3) is 0 Å². The Kier molecular flexibility index (Phi) is 5.29. The number of halogens is 3. The minimum Gasteiger partial charge on any atom is -0.478 e. The number of hydrogen-bond acceptors (Lipinski definition) is 5. The van der Waals surface area contributed by atoms with Crippen molar-refractivity contribution in [3.63, 3.8) is 0 Å². The fraction of sp³-hybridized carbons (Fsp3) is 0.444. The Balaban J connectivity index is 2.78. The van der Waals surface area contributed by atoms with Crippen molar-refractivity contribution in [1.29, 1.82) is 0 Å². The average Bonchev–Trinajstić information content (AvgIpc) is 2.21. The molecule has 5 nitrogen and oxygen atoms in total. The van der Waals surface area contributed by atoms with Crippen LogP contribution in [0.5, 0.6) is 0 Å². The van der Waals surface area contributed by atoms with Crippen LogP contribution in [-0.2, 0) is 0 Å². The van der Waals surface area contributed by atoms with Crippen LogP contribution < -0.4 is 5.69 Å². The average molecular weight is 314 g/mol. The third-order valence-electron chi connectivity index (χ3n) is 1.89. The highest BCUT2D eigenvalue weighted by molar-refractivity contribution is 8.03. The highest BCUT2D eigenvalue weighted by Crippen LogP contribution is 2.31. The molecule has 0 radical (unpaired) electrons. The maximum absolute atomic E-state index is 11.9. The summed E-state index contributed by atoms with van der Waals surface area (Å²) in [5.74, 6) is -1.53. The van der Waals surface area contributed by atoms with Crippen molar-refractivity contribution < 1.29 is 23.1 Å². The van der Waals surface area contributed by atoms with Crippen LogP contribution in [0, 0.1) is 6.92 Å². The lowest BCUT2D eigenvalue weighted by atomic mass is 10.2. The summed E-state index contributed by atoms with van der Waals surface area (Å²) >= 11 is 0.605. The summed E-state index contributed by atoms with van der Waals surface area (Å²) in [7, 11) is 0. The quantitative estimate of drug-likeness (QED) is 0.492. The third-order valence-corrected chi connectivity index (χ3v) is 3.86. The van der Waals surface area contributed by atoms with E-state index in [1.165, 1.54) is 6.92 Å². The van der Waals surface area contributed by atoms with E-state index in [-0.39, 0.29) is 39.6 Å². The molecule has 1 heterocycles. The van der Waals surface area contributed by atoms with Crippen molar-refractivity contribution in [1.82, 2.24) is 9.97 Å². The number of aromatic carboxylic acids is 1. The number of H-pyrrole nitrogens is 1. The standard InChI is InChI=1S/C9H9F3N2O3S2/c1-4-5(7(15)16)6(14-8(17)13-4)18-2-3-19-9(10,11)12/h2-3H2,1H3,(H,15,16)(H,13,14,17). The summed E-state index contributed by atoms with van der Waals surface area (Å²) < 4.78 is 35.7. The molecule has 2 N–H and O–H groups in total. The number of carboxylic acids is 1. The number of rotatable bonds is 5. The molecular formula is C9H9F3N2O3S2. The van der Waals surface area contributed by atoms with Gasteiger partial charge in [-0.3, -0.25) is 0 Å². The van der Waals surface area contributed by atoms with Crippen molar-refractivity contribution in [3.8, 4) is 0 Å². The molecule has 0 aromatic carbocycles. The van der Waals surface area contributed by atoms with Gasteiger partial charge in [0.25, 0.3) is 0 Å². The molecule has 106 valence electrons. The number of carbonyl (C=O) groups is 1. The molecule has 0 aliphatic rings. The molecule has 19 heavy (non-hydrogen) atoms. The molecule has 0 spiro atoms. The van der Waals surface area contributed by atoms with Crippen LogP contribution in [0.3, 0.4) is 0 Å². The monoisotopic (exact) mass is 314 g/mol. The highest BCUT2D eigenvalue weighted by atomic mass is 32.2. The summed E-state index contributed by atoms with van der Waals surface area (Å²) in [6, 6.07) is 0. The van der Waals surface area contributed by atoms with Crippen LogP contribution in [0.1, 0.15) is 16.1 Å². The Bertz CT molecular complexity index is 530. The maximum atomic E-state index is 11.9. The SMILES string of the molecule is Cc1[nH]c(=O)nc(SCCSC(F)(F)F)c1C(=O)O. The van der Waals surface area contributed by atoms with Gasteiger partial charge in [0, 0.05) is 17.2 Å². The van der Waals surface area contributed by atoms with E-state index in [0.717, 1.165) is 11.8 Å². The van der Waals surface area contributed by atoms with Gasteiger partial charge in [0.15, 0.2) is 0 Å². The zero-order valence-electron chi connectivity index (χ0n) is 9.58. The van der Waals surface area contributed by atoms with Gasteiger partial charge in [-0.1, -0.05) is 11.8 Å². The summed E-state index contributed by atoms with van der Waals surface area (Å²) in [6.07, 6.45) is 0. The molecule has 1 aromatic heterocycles. The van der Waals surface area contributed by atoms with Crippen LogP contribution >= 0.6 is 23.5 Å². The van der Waals surface area contributed by atoms with Crippen LogP contribution in [0.4, 0.5) is 13.2 Å². The van der Waals surface area contributed by atoms with E-state index >= 15 is 0 Å². The first-order valence-corrected chi connectivity index (χ1v) is 6.85. The van der Waals surface area contributed by atoms with Gasteiger partial charge >= 0.3 is 17.2 Å². The minimum absolute atomic E-state index is 0.000347. The van der Waals surface area contributed by atoms with Gasteiger partial charge < -0.3 is 10.1 Å². The summed E-state index contributed by atoms with van der Waals surface area (Å²) in [4.78, 5) is 27.8. The number of alkyl halides is 3. The molecule has 1 rings (SSSR count). The molecule has 0 atom stereocenters. The Morgan fingerprint density at radius 3 is 2.58 bits per heavy atom. The van der Waals surface area contributed by atoms with E-state index in [1.807, 2.05) is 0 Å². The predicted octanol–water partition coefficient (Wildman–Crippen LogP) is 2.12. The normalized spacial score (nSPS) is 11.6. The molecule has 1 aromatic rings. The molecule has 0 amide bonds. The van der Waals surface area contributed by atoms with Crippen molar-refractivity contribution in [2.75, 3.05) is 11.5 Å². The minimum atomic E-state index is -4.33. The van der Waals surface area contributed by atoms with Gasteiger partial charge in [-0.2, -0.15) is 18.2 Å². The van der Waals surface area contributed by atoms with E-state index in [0.29, 0.717) is 0 Å². The number of nitrogens with one attached hydrogen (secondary N) is 1. The van der Waals surface area contributed by atoms with Crippen molar-refractivity contribution in [2.24, 2.45) is 0 Å². The zero-order valence-corrected chi connectivity index (χ0v) is 11.2. The second kappa shape index (κ2) is 6.33. The van der Waals surface area contributed by atoms with E-state index < -0.39 is 17.2 Å². The first-order chi connectivity index (χ1) is 8.70. The molecule has 0 aliphatic heterocycles. The van der Waals surface area contributed by atoms with Crippen molar-refractivity contribution in [3.05, 3.63) is 21.7 Å². The van der Waals surface area contributed by atoms with E-state index in [2.05, 4.69) is 9.97 Å². The maximum Gasteiger partial charge on any atom is 0.441 e. The van der Waals surface area contributed by atoms with Gasteiger partial charge in [0.1, 0.15) is 10.6 Å². The summed E-state index contributed by atoms with van der Waals surface area (Å²) in [6.45, 7) is 1.39. The Labute approximate surface area is 114 Å². The highest BCUT2D eigenvalue weighted by Gasteiger charge is 2.27. The fourth-order valence-electron chi connectivity index (χ4n) is 1.21. The third kappa shape index (κ3) is 5.15. The Morgan fingerprint density at radius 1 is 1.42 bits per heavy atom. The number of aromatic nitrogens is 2. The predicted molar refractivity (Wildman–Crippen MR) is 65.8 cm³/mol. The number of carboxylic acid groups (broad SMARTS) is 1. The molecule has 0 saturated heterocycles. The van der Waals surface area contributed by atoms with Gasteiger partial charge in [-0.05, 0) is 6.92 Å². The lowest BCUT2D eigenvalue weighted by molar-refractivity contribution is -0.0326. The number of aryl methyl sites for hydroxylation is 1. The van der Waals surface area contributed by atoms with Crippen LogP contribution in [0.2, 0.25) is 0 Å². The topological polar surface area (TPSA) is 83.0 Å². The van der Waals surface area contributed by atoms with Gasteiger partial charge in [0.05, 0.1) is 0 Å². The molecule has 10 heteroatoms. The lowest BCUT2D eigenvalue weighted by Gasteiger charge is -2.07. The second-order valence-electron chi connectivity index (χ2n) is 3.29. The molecule has 0 aliphatic carbocycles. The van der Waals surface area contributed by atoms with E-state index in [9.17, 15) is 22.8 Å². The second-order valence-corrected chi connectivity index (χ2v) is 5.54. The first-order valence-electron chi connectivity index (χ1n) is 4.88. The van der Waals surface area contributed by atoms with Gasteiger partial charge in [-0.15, -0.1) is 11.8 Å². The largest absolute Gasteiger partial charge is 0.478 e. The molecular weight excluding hydrogens is 305 g/mol. The number of aromatic amines is 1. The van der Waals surface area contributed by atoms with Crippen LogP contribution in [0.15, 0.2) is 9.82 Å². The molecule has 0 bridgehead atoms. The first kappa shape index (κ1) is 15.9. The summed E-state index contributed by atoms with van der Waals surface area (Å²) in [5, 5.41) is 8.89. The lowest BCUT2D eigenvalue weighted by Crippen LogP contribution is -2.18. The number of hydrogen-bond donors (Lipinski definition) is 2. The van der Waals surface area contributed by atoms with Gasteiger partial charge in [-0.25, -0.2) is 9.59 Å². The molecule has 0 unspecified atom stereocenters. The Morgan fingerprint density at radius 2 is 2.05 bits per heavy atom. The number of nitrogens with zero attached hydrogens (tertiary/aromatic N) is 1. The molecule has 0 fully saturated rings. The van der Waals surface area contributed by atoms with Crippen molar-refractivity contribution in [2.45, 2.75) is 17.5 Å². The Hall–Kier alpha value is -1.16. The van der Waals surface area contributed by atoms with Crippen LogP contribution in [-0.4, -0.2) is 38.1 Å². The number of thioether (sulfide) groups is 2. The van der Waals surface area contributed by atoms with E-state index in [4.69, 9.17) is 5.11 Å². The van der Waals surface area contributed by atoms with Crippen molar-refractivity contribution >= 4 is 29.5 Å².